The van der Waals surface area contributed by atoms with Crippen LogP contribution in [0.5, 0.6) is 0 Å². The van der Waals surface area contributed by atoms with Crippen molar-refractivity contribution in [1.82, 2.24) is 25.2 Å². The number of aryl methyl sites for hydroxylation is 1. The third kappa shape index (κ3) is 3.60. The molecular weight excluding hydrogens is 413 g/mol. The number of fused-ring (bicyclic) bond motifs is 1. The van der Waals surface area contributed by atoms with Crippen molar-refractivity contribution >= 4 is 45.7 Å². The SMILES string of the molecule is Cn1c(C(=O)Nc2ccc(Cl)cc2-c2nnn[nH]2)cc2cccc(NC(=O)CF)c21. The predicted octanol–water partition coefficient (Wildman–Crippen LogP) is 3.17. The van der Waals surface area contributed by atoms with Crippen LogP contribution in [0.25, 0.3) is 22.3 Å². The molecule has 2 heterocycles. The highest BCUT2D eigenvalue weighted by Gasteiger charge is 2.19. The summed E-state index contributed by atoms with van der Waals surface area (Å²) in [5.74, 6) is -0.810. The van der Waals surface area contributed by atoms with Gasteiger partial charge in [-0.15, -0.1) is 5.10 Å². The number of carbonyl (C=O) groups excluding carboxylic acids is 2. The van der Waals surface area contributed by atoms with E-state index in [1.807, 2.05) is 0 Å². The van der Waals surface area contributed by atoms with Crippen molar-refractivity contribution in [2.75, 3.05) is 17.3 Å². The lowest BCUT2D eigenvalue weighted by Gasteiger charge is -2.11. The van der Waals surface area contributed by atoms with Gasteiger partial charge in [-0.3, -0.25) is 9.59 Å². The number of amides is 2. The fourth-order valence-electron chi connectivity index (χ4n) is 3.20. The summed E-state index contributed by atoms with van der Waals surface area (Å²) < 4.78 is 14.3. The zero-order valence-electron chi connectivity index (χ0n) is 15.6. The molecular formula is C19H15ClFN7O2. The third-order valence-corrected chi connectivity index (χ3v) is 4.75. The molecule has 11 heteroatoms. The minimum absolute atomic E-state index is 0.337. The molecule has 0 radical (unpaired) electrons. The molecule has 4 aromatic rings. The van der Waals surface area contributed by atoms with Crippen LogP contribution in [-0.4, -0.2) is 43.7 Å². The highest BCUT2D eigenvalue weighted by atomic mass is 35.5. The van der Waals surface area contributed by atoms with Crippen LogP contribution in [0.1, 0.15) is 10.5 Å². The molecule has 30 heavy (non-hydrogen) atoms. The number of aromatic nitrogens is 5. The maximum absolute atomic E-state index is 13.0. The van der Waals surface area contributed by atoms with Crippen molar-refractivity contribution < 1.29 is 14.0 Å². The average Bonchev–Trinajstić information content (AvgIpc) is 3.38. The number of halogens is 2. The molecule has 2 aromatic carbocycles. The topological polar surface area (TPSA) is 118 Å². The Labute approximate surface area is 174 Å². The lowest BCUT2D eigenvalue weighted by molar-refractivity contribution is -0.117. The normalized spacial score (nSPS) is 10.9. The van der Waals surface area contributed by atoms with Crippen molar-refractivity contribution in [3.05, 3.63) is 53.2 Å². The first-order valence-electron chi connectivity index (χ1n) is 8.77. The monoisotopic (exact) mass is 427 g/mol. The summed E-state index contributed by atoms with van der Waals surface area (Å²) in [6, 6.07) is 11.7. The molecule has 0 fully saturated rings. The summed E-state index contributed by atoms with van der Waals surface area (Å²) in [5.41, 5.74) is 2.33. The predicted molar refractivity (Wildman–Crippen MR) is 110 cm³/mol. The van der Waals surface area contributed by atoms with Crippen molar-refractivity contribution in [2.45, 2.75) is 0 Å². The van der Waals surface area contributed by atoms with E-state index < -0.39 is 18.5 Å². The van der Waals surface area contributed by atoms with Crippen LogP contribution in [0, 0.1) is 0 Å². The number of tetrazole rings is 1. The average molecular weight is 428 g/mol. The maximum atomic E-state index is 13.0. The van der Waals surface area contributed by atoms with Gasteiger partial charge in [0.2, 0.25) is 0 Å². The van der Waals surface area contributed by atoms with Gasteiger partial charge in [-0.1, -0.05) is 23.7 Å². The number of nitrogens with zero attached hydrogens (tertiary/aromatic N) is 4. The van der Waals surface area contributed by atoms with Gasteiger partial charge in [-0.25, -0.2) is 9.49 Å². The molecule has 0 aliphatic carbocycles. The number of anilines is 2. The number of nitrogens with one attached hydrogen (secondary N) is 3. The molecule has 3 N–H and O–H groups in total. The van der Waals surface area contributed by atoms with E-state index in [0.29, 0.717) is 39.0 Å². The van der Waals surface area contributed by atoms with Gasteiger partial charge in [0.1, 0.15) is 5.69 Å². The molecule has 0 aliphatic heterocycles. The Kier molecular flexibility index (Phi) is 5.15. The second kappa shape index (κ2) is 7.91. The molecule has 0 spiro atoms. The zero-order chi connectivity index (χ0) is 21.3. The lowest BCUT2D eigenvalue weighted by atomic mass is 10.1. The number of alkyl halides is 1. The number of benzene rings is 2. The highest BCUT2D eigenvalue weighted by molar-refractivity contribution is 6.31. The van der Waals surface area contributed by atoms with E-state index in [4.69, 9.17) is 11.6 Å². The molecule has 9 nitrogen and oxygen atoms in total. The molecule has 0 saturated carbocycles. The number of aromatic amines is 1. The van der Waals surface area contributed by atoms with Crippen LogP contribution in [0.15, 0.2) is 42.5 Å². The van der Waals surface area contributed by atoms with Gasteiger partial charge in [0, 0.05) is 23.0 Å². The van der Waals surface area contributed by atoms with Crippen LogP contribution >= 0.6 is 11.6 Å². The fraction of sp³-hybridized carbons (Fsp3) is 0.105. The summed E-state index contributed by atoms with van der Waals surface area (Å²) in [5, 5.41) is 20.1. The quantitative estimate of drug-likeness (QED) is 0.452. The summed E-state index contributed by atoms with van der Waals surface area (Å²) in [4.78, 5) is 24.5. The van der Waals surface area contributed by atoms with Gasteiger partial charge >= 0.3 is 0 Å². The van der Waals surface area contributed by atoms with Gasteiger partial charge in [-0.05, 0) is 40.8 Å². The van der Waals surface area contributed by atoms with E-state index in [9.17, 15) is 14.0 Å². The number of hydrogen-bond acceptors (Lipinski definition) is 5. The van der Waals surface area contributed by atoms with Gasteiger partial charge in [0.05, 0.1) is 16.9 Å². The van der Waals surface area contributed by atoms with Gasteiger partial charge < -0.3 is 15.2 Å². The summed E-state index contributed by atoms with van der Waals surface area (Å²) in [7, 11) is 1.69. The summed E-state index contributed by atoms with van der Waals surface area (Å²) in [6.07, 6.45) is 0. The van der Waals surface area contributed by atoms with Crippen molar-refractivity contribution in [2.24, 2.45) is 7.05 Å². The Hall–Kier alpha value is -3.79. The molecule has 0 bridgehead atoms. The molecule has 2 aromatic heterocycles. The van der Waals surface area contributed by atoms with Crippen LogP contribution in [-0.2, 0) is 11.8 Å². The van der Waals surface area contributed by atoms with Crippen molar-refractivity contribution in [1.29, 1.82) is 0 Å². The van der Waals surface area contributed by atoms with E-state index >= 15 is 0 Å². The largest absolute Gasteiger partial charge is 0.338 e. The maximum Gasteiger partial charge on any atom is 0.272 e. The van der Waals surface area contributed by atoms with Crippen molar-refractivity contribution in [3.8, 4) is 11.4 Å². The number of H-pyrrole nitrogens is 1. The van der Waals surface area contributed by atoms with Crippen molar-refractivity contribution in [3.63, 3.8) is 0 Å². The van der Waals surface area contributed by atoms with Crippen LogP contribution in [0.4, 0.5) is 15.8 Å². The van der Waals surface area contributed by atoms with E-state index in [2.05, 4.69) is 31.3 Å². The Morgan fingerprint density at radius 1 is 1.17 bits per heavy atom. The van der Waals surface area contributed by atoms with E-state index in [1.165, 1.54) is 0 Å². The Morgan fingerprint density at radius 3 is 2.73 bits per heavy atom. The zero-order valence-corrected chi connectivity index (χ0v) is 16.4. The third-order valence-electron chi connectivity index (χ3n) is 4.51. The first-order chi connectivity index (χ1) is 14.5. The smallest absolute Gasteiger partial charge is 0.272 e. The minimum Gasteiger partial charge on any atom is -0.338 e. The van der Waals surface area contributed by atoms with Crippen LogP contribution in [0.3, 0.4) is 0 Å². The van der Waals surface area contributed by atoms with Gasteiger partial charge in [0.15, 0.2) is 12.5 Å². The van der Waals surface area contributed by atoms with Crippen LogP contribution in [0.2, 0.25) is 5.02 Å². The first kappa shape index (κ1) is 19.5. The number of carbonyl (C=O) groups is 2. The second-order valence-corrected chi connectivity index (χ2v) is 6.84. The number of para-hydroxylation sites is 1. The van der Waals surface area contributed by atoms with E-state index in [0.717, 1.165) is 5.39 Å². The number of rotatable bonds is 5. The molecule has 0 unspecified atom stereocenters. The summed E-state index contributed by atoms with van der Waals surface area (Å²) in [6.45, 7) is -1.13. The minimum atomic E-state index is -1.13. The molecule has 0 aliphatic rings. The standard InChI is InChI=1S/C19H15ClFN7O2/c1-28-15(7-10-3-2-4-14(17(10)28)22-16(29)9-21)19(30)23-13-6-5-11(20)8-12(13)18-24-26-27-25-18/h2-8H,9H2,1H3,(H,22,29)(H,23,30)(H,24,25,26,27). The molecule has 152 valence electrons. The van der Waals surface area contributed by atoms with Crippen LogP contribution < -0.4 is 10.6 Å². The molecule has 2 amide bonds. The highest BCUT2D eigenvalue weighted by Crippen LogP contribution is 2.30. The summed E-state index contributed by atoms with van der Waals surface area (Å²) >= 11 is 6.08. The Morgan fingerprint density at radius 2 is 2.00 bits per heavy atom. The number of hydrogen-bond donors (Lipinski definition) is 3. The molecule has 4 rings (SSSR count). The molecule has 0 atom stereocenters. The Balaban J connectivity index is 1.71. The van der Waals surface area contributed by atoms with E-state index in [1.54, 1.807) is 54.1 Å². The van der Waals surface area contributed by atoms with Gasteiger partial charge in [-0.2, -0.15) is 0 Å². The second-order valence-electron chi connectivity index (χ2n) is 6.41. The van der Waals surface area contributed by atoms with E-state index in [-0.39, 0.29) is 0 Å². The molecule has 0 saturated heterocycles. The fourth-order valence-corrected chi connectivity index (χ4v) is 3.37. The van der Waals surface area contributed by atoms with Gasteiger partial charge in [0.25, 0.3) is 11.8 Å². The first-order valence-corrected chi connectivity index (χ1v) is 9.15. The Bertz CT molecular complexity index is 1250. The lowest BCUT2D eigenvalue weighted by Crippen LogP contribution is -2.17.